The van der Waals surface area contributed by atoms with Crippen LogP contribution in [0.1, 0.15) is 22.5 Å². The lowest BCUT2D eigenvalue weighted by Gasteiger charge is -2.41. The van der Waals surface area contributed by atoms with Gasteiger partial charge in [-0.25, -0.2) is 4.98 Å². The quantitative estimate of drug-likeness (QED) is 0.617. The Morgan fingerprint density at radius 2 is 2.03 bits per heavy atom. The van der Waals surface area contributed by atoms with Crippen molar-refractivity contribution in [3.63, 3.8) is 0 Å². The van der Waals surface area contributed by atoms with Gasteiger partial charge in [-0.15, -0.1) is 0 Å². The summed E-state index contributed by atoms with van der Waals surface area (Å²) in [6, 6.07) is 16.5. The van der Waals surface area contributed by atoms with E-state index in [1.807, 2.05) is 43.3 Å². The van der Waals surface area contributed by atoms with Crippen molar-refractivity contribution < 1.29 is 19.1 Å². The third-order valence-electron chi connectivity index (χ3n) is 5.48. The third kappa shape index (κ3) is 4.84. The number of pyridine rings is 1. The fourth-order valence-electron chi connectivity index (χ4n) is 3.85. The minimum absolute atomic E-state index is 0.0614. The molecular weight excluding hydrogens is 430 g/mol. The van der Waals surface area contributed by atoms with Crippen LogP contribution in [-0.4, -0.2) is 53.6 Å². The Bertz CT molecular complexity index is 1170. The second-order valence-corrected chi connectivity index (χ2v) is 8.40. The first-order valence-electron chi connectivity index (χ1n) is 10.3. The van der Waals surface area contributed by atoms with Crippen LogP contribution in [0, 0.1) is 6.92 Å². The summed E-state index contributed by atoms with van der Waals surface area (Å²) in [5.41, 5.74) is 6.42. The standard InChI is InChI=1S/C24H24ClN3O4/c1-16-12-18(7-8-19(16)25)31-15-24(13-22(26)29)14-28(10-11-32-24)23(30)21-9-6-17-4-2-3-5-20(17)27-21/h2-9,12H,10-11,13-15H2,1H3,(H2,26,29). The molecule has 2 amide bonds. The molecule has 166 valence electrons. The number of nitrogens with zero attached hydrogens (tertiary/aromatic N) is 2. The van der Waals surface area contributed by atoms with E-state index < -0.39 is 11.5 Å². The Hall–Kier alpha value is -3.16. The van der Waals surface area contributed by atoms with Gasteiger partial charge in [0.05, 0.1) is 25.1 Å². The molecule has 2 heterocycles. The monoisotopic (exact) mass is 453 g/mol. The number of aromatic nitrogens is 1. The van der Waals surface area contributed by atoms with Crippen LogP contribution in [0.5, 0.6) is 5.75 Å². The Balaban J connectivity index is 1.54. The molecule has 4 rings (SSSR count). The molecule has 0 radical (unpaired) electrons. The van der Waals surface area contributed by atoms with Gasteiger partial charge >= 0.3 is 0 Å². The maximum absolute atomic E-state index is 13.2. The molecule has 1 saturated heterocycles. The van der Waals surface area contributed by atoms with Crippen molar-refractivity contribution in [1.82, 2.24) is 9.88 Å². The number of para-hydroxylation sites is 1. The summed E-state index contributed by atoms with van der Waals surface area (Å²) >= 11 is 6.08. The van der Waals surface area contributed by atoms with Gasteiger partial charge in [0.25, 0.3) is 5.91 Å². The summed E-state index contributed by atoms with van der Waals surface area (Å²) in [5, 5.41) is 1.60. The van der Waals surface area contributed by atoms with Crippen molar-refractivity contribution in [2.45, 2.75) is 18.9 Å². The van der Waals surface area contributed by atoms with Gasteiger partial charge in [-0.05, 0) is 42.8 Å². The first-order valence-corrected chi connectivity index (χ1v) is 10.7. The fourth-order valence-corrected chi connectivity index (χ4v) is 3.97. The van der Waals surface area contributed by atoms with Crippen LogP contribution in [0.4, 0.5) is 0 Å². The molecule has 1 aliphatic rings. The maximum atomic E-state index is 13.2. The number of morpholine rings is 1. The summed E-state index contributed by atoms with van der Waals surface area (Å²) in [7, 11) is 0. The van der Waals surface area contributed by atoms with Gasteiger partial charge in [0.1, 0.15) is 23.7 Å². The molecule has 0 saturated carbocycles. The van der Waals surface area contributed by atoms with Crippen molar-refractivity contribution in [1.29, 1.82) is 0 Å². The van der Waals surface area contributed by atoms with Gasteiger partial charge in [-0.2, -0.15) is 0 Å². The topological polar surface area (TPSA) is 94.8 Å². The summed E-state index contributed by atoms with van der Waals surface area (Å²) in [4.78, 5) is 31.2. The number of amides is 2. The number of benzene rings is 2. The van der Waals surface area contributed by atoms with Crippen LogP contribution in [-0.2, 0) is 9.53 Å². The fraction of sp³-hybridized carbons (Fsp3) is 0.292. The van der Waals surface area contributed by atoms with Crippen LogP contribution in [0.2, 0.25) is 5.02 Å². The number of fused-ring (bicyclic) bond motifs is 1. The number of aryl methyl sites for hydroxylation is 1. The number of primary amides is 1. The number of rotatable bonds is 6. The van der Waals surface area contributed by atoms with Gasteiger partial charge in [0, 0.05) is 17.0 Å². The maximum Gasteiger partial charge on any atom is 0.272 e. The molecule has 0 spiro atoms. The largest absolute Gasteiger partial charge is 0.490 e. The zero-order valence-corrected chi connectivity index (χ0v) is 18.5. The van der Waals surface area contributed by atoms with E-state index in [4.69, 9.17) is 26.8 Å². The number of hydrogen-bond acceptors (Lipinski definition) is 5. The van der Waals surface area contributed by atoms with Crippen molar-refractivity contribution in [3.8, 4) is 5.75 Å². The predicted octanol–water partition coefficient (Wildman–Crippen LogP) is 3.36. The number of carbonyl (C=O) groups is 2. The second kappa shape index (κ2) is 9.14. The molecule has 1 aromatic heterocycles. The third-order valence-corrected chi connectivity index (χ3v) is 5.90. The van der Waals surface area contributed by atoms with E-state index in [2.05, 4.69) is 4.98 Å². The van der Waals surface area contributed by atoms with E-state index in [-0.39, 0.29) is 32.1 Å². The molecule has 1 aliphatic heterocycles. The van der Waals surface area contributed by atoms with E-state index >= 15 is 0 Å². The van der Waals surface area contributed by atoms with E-state index in [1.165, 1.54) is 0 Å². The summed E-state index contributed by atoms with van der Waals surface area (Å²) in [5.74, 6) is -0.159. The number of carbonyl (C=O) groups excluding carboxylic acids is 2. The Morgan fingerprint density at radius 3 is 2.81 bits per heavy atom. The van der Waals surface area contributed by atoms with Crippen molar-refractivity contribution in [3.05, 3.63) is 70.9 Å². The molecule has 1 atom stereocenters. The van der Waals surface area contributed by atoms with Crippen LogP contribution in [0.25, 0.3) is 10.9 Å². The molecule has 8 heteroatoms. The van der Waals surface area contributed by atoms with Crippen molar-refractivity contribution in [2.75, 3.05) is 26.3 Å². The summed E-state index contributed by atoms with van der Waals surface area (Å²) in [6.07, 6.45) is -0.0749. The summed E-state index contributed by atoms with van der Waals surface area (Å²) < 4.78 is 11.9. The van der Waals surface area contributed by atoms with Gasteiger partial charge in [0.15, 0.2) is 0 Å². The van der Waals surface area contributed by atoms with Gasteiger partial charge in [-0.1, -0.05) is 35.9 Å². The number of ether oxygens (including phenoxy) is 2. The Kier molecular flexibility index (Phi) is 6.30. The lowest BCUT2D eigenvalue weighted by molar-refractivity contribution is -0.142. The molecule has 2 aromatic carbocycles. The molecule has 1 unspecified atom stereocenters. The van der Waals surface area contributed by atoms with Crippen LogP contribution in [0.15, 0.2) is 54.6 Å². The highest BCUT2D eigenvalue weighted by atomic mass is 35.5. The summed E-state index contributed by atoms with van der Waals surface area (Å²) in [6.45, 7) is 2.74. The Morgan fingerprint density at radius 1 is 1.22 bits per heavy atom. The number of hydrogen-bond donors (Lipinski definition) is 1. The highest BCUT2D eigenvalue weighted by Gasteiger charge is 2.41. The van der Waals surface area contributed by atoms with E-state index in [1.54, 1.807) is 23.1 Å². The lowest BCUT2D eigenvalue weighted by atomic mass is 9.97. The molecule has 2 N–H and O–H groups in total. The SMILES string of the molecule is Cc1cc(OCC2(CC(N)=O)CN(C(=O)c3ccc4ccccc4n3)CCO2)ccc1Cl. The van der Waals surface area contributed by atoms with E-state index in [9.17, 15) is 9.59 Å². The predicted molar refractivity (Wildman–Crippen MR) is 122 cm³/mol. The smallest absolute Gasteiger partial charge is 0.272 e. The second-order valence-electron chi connectivity index (χ2n) is 7.99. The Labute approximate surface area is 191 Å². The normalized spacial score (nSPS) is 18.5. The number of halogens is 1. The van der Waals surface area contributed by atoms with E-state index in [0.29, 0.717) is 23.0 Å². The van der Waals surface area contributed by atoms with Gasteiger partial charge in [0.2, 0.25) is 5.91 Å². The minimum Gasteiger partial charge on any atom is -0.490 e. The molecule has 3 aromatic rings. The highest BCUT2D eigenvalue weighted by molar-refractivity contribution is 6.31. The van der Waals surface area contributed by atoms with Crippen LogP contribution in [0.3, 0.4) is 0 Å². The molecule has 32 heavy (non-hydrogen) atoms. The number of nitrogens with two attached hydrogens (primary N) is 1. The average molecular weight is 454 g/mol. The average Bonchev–Trinajstić information content (AvgIpc) is 2.79. The molecule has 7 nitrogen and oxygen atoms in total. The molecule has 0 aliphatic carbocycles. The molecule has 0 bridgehead atoms. The van der Waals surface area contributed by atoms with Gasteiger partial charge < -0.3 is 20.1 Å². The molecule has 1 fully saturated rings. The molecular formula is C24H24ClN3O4. The zero-order chi connectivity index (χ0) is 22.7. The highest BCUT2D eigenvalue weighted by Crippen LogP contribution is 2.27. The van der Waals surface area contributed by atoms with Crippen LogP contribution < -0.4 is 10.5 Å². The zero-order valence-electron chi connectivity index (χ0n) is 17.7. The lowest BCUT2D eigenvalue weighted by Crippen LogP contribution is -2.58. The van der Waals surface area contributed by atoms with Crippen molar-refractivity contribution in [2.24, 2.45) is 5.73 Å². The first kappa shape index (κ1) is 22.0. The van der Waals surface area contributed by atoms with E-state index in [0.717, 1.165) is 16.5 Å². The van der Waals surface area contributed by atoms with Gasteiger partial charge in [-0.3, -0.25) is 9.59 Å². The minimum atomic E-state index is -1.05. The van der Waals surface area contributed by atoms with Crippen molar-refractivity contribution >= 4 is 34.3 Å². The first-order chi connectivity index (χ1) is 15.3. The van der Waals surface area contributed by atoms with Crippen LogP contribution >= 0.6 is 11.6 Å².